The first kappa shape index (κ1) is 21.6. The van der Waals surface area contributed by atoms with Crippen molar-refractivity contribution in [1.29, 1.82) is 0 Å². The van der Waals surface area contributed by atoms with E-state index in [0.29, 0.717) is 4.90 Å². The van der Waals surface area contributed by atoms with Gasteiger partial charge in [0.25, 0.3) is 10.0 Å². The summed E-state index contributed by atoms with van der Waals surface area (Å²) in [6, 6.07) is 27.2. The van der Waals surface area contributed by atoms with Crippen LogP contribution < -0.4 is 4.31 Å². The molecule has 1 heterocycles. The molecule has 0 aromatic heterocycles. The Bertz CT molecular complexity index is 1060. The fourth-order valence-corrected chi connectivity index (χ4v) is 6.01. The molecule has 0 N–H and O–H groups in total. The molecule has 3 aromatic rings. The summed E-state index contributed by atoms with van der Waals surface area (Å²) in [5.41, 5.74) is 3.26. The van der Waals surface area contributed by atoms with Crippen LogP contribution in [0.25, 0.3) is 0 Å². The molecule has 0 bridgehead atoms. The maximum atomic E-state index is 13.7. The van der Waals surface area contributed by atoms with Gasteiger partial charge in [-0.25, -0.2) is 8.42 Å². The predicted octanol–water partition coefficient (Wildman–Crippen LogP) is 5.11. The number of hydrogen-bond acceptors (Lipinski definition) is 3. The van der Waals surface area contributed by atoms with E-state index in [1.54, 1.807) is 28.6 Å². The third-order valence-corrected chi connectivity index (χ3v) is 7.93. The number of anilines is 1. The summed E-state index contributed by atoms with van der Waals surface area (Å²) in [6.07, 6.45) is 2.56. The van der Waals surface area contributed by atoms with Crippen LogP contribution in [-0.4, -0.2) is 32.4 Å². The summed E-state index contributed by atoms with van der Waals surface area (Å²) in [5.74, 6) is 0. The summed E-state index contributed by atoms with van der Waals surface area (Å²) in [6.45, 7) is 4.78. The number of piperidine rings is 1. The maximum Gasteiger partial charge on any atom is 0.264 e. The minimum Gasteiger partial charge on any atom is -0.299 e. The van der Waals surface area contributed by atoms with Crippen molar-refractivity contribution in [2.45, 2.75) is 43.7 Å². The van der Waals surface area contributed by atoms with E-state index in [1.165, 1.54) is 11.1 Å². The molecular weight excluding hydrogens is 404 g/mol. The van der Waals surface area contributed by atoms with Crippen LogP contribution in [0.1, 0.15) is 30.9 Å². The molecule has 0 unspecified atom stereocenters. The van der Waals surface area contributed by atoms with Crippen molar-refractivity contribution in [1.82, 2.24) is 4.90 Å². The average molecular weight is 435 g/mol. The topological polar surface area (TPSA) is 40.6 Å². The van der Waals surface area contributed by atoms with Gasteiger partial charge in [0.15, 0.2) is 0 Å². The van der Waals surface area contributed by atoms with E-state index in [9.17, 15) is 8.42 Å². The van der Waals surface area contributed by atoms with Crippen LogP contribution in [0.5, 0.6) is 0 Å². The molecule has 5 heteroatoms. The van der Waals surface area contributed by atoms with Crippen LogP contribution in [0.3, 0.4) is 0 Å². The zero-order chi connectivity index (χ0) is 21.7. The minimum absolute atomic E-state index is 0.0512. The zero-order valence-corrected chi connectivity index (χ0v) is 18.8. The highest BCUT2D eigenvalue weighted by molar-refractivity contribution is 7.92. The standard InChI is InChI=1S/C26H30N2O2S/c1-2-22-13-15-24(16-14-22)28(31(29,30)26-11-7-4-8-12-26)25-17-19-27(20-18-25)21-23-9-5-3-6-10-23/h3-16,25H,2,17-21H2,1H3. The molecule has 1 fully saturated rings. The van der Waals surface area contributed by atoms with E-state index >= 15 is 0 Å². The van der Waals surface area contributed by atoms with Crippen molar-refractivity contribution in [2.75, 3.05) is 17.4 Å². The lowest BCUT2D eigenvalue weighted by molar-refractivity contribution is 0.206. The van der Waals surface area contributed by atoms with Crippen LogP contribution >= 0.6 is 0 Å². The molecule has 1 saturated heterocycles. The number of rotatable bonds is 7. The van der Waals surface area contributed by atoms with Gasteiger partial charge in [0.2, 0.25) is 0 Å². The number of likely N-dealkylation sites (tertiary alicyclic amines) is 1. The SMILES string of the molecule is CCc1ccc(N(C2CCN(Cc3ccccc3)CC2)S(=O)(=O)c2ccccc2)cc1. The van der Waals surface area contributed by atoms with Gasteiger partial charge in [-0.2, -0.15) is 0 Å². The molecule has 1 aliphatic heterocycles. The van der Waals surface area contributed by atoms with E-state index in [1.807, 2.05) is 36.4 Å². The monoisotopic (exact) mass is 434 g/mol. The lowest BCUT2D eigenvalue weighted by Gasteiger charge is -2.39. The first-order chi connectivity index (χ1) is 15.1. The Balaban J connectivity index is 1.58. The van der Waals surface area contributed by atoms with Gasteiger partial charge in [-0.05, 0) is 54.7 Å². The molecule has 0 amide bonds. The van der Waals surface area contributed by atoms with E-state index < -0.39 is 10.0 Å². The lowest BCUT2D eigenvalue weighted by Crippen LogP contribution is -2.47. The van der Waals surface area contributed by atoms with Crippen LogP contribution in [-0.2, 0) is 23.0 Å². The van der Waals surface area contributed by atoms with E-state index in [0.717, 1.165) is 44.6 Å². The number of hydrogen-bond donors (Lipinski definition) is 0. The lowest BCUT2D eigenvalue weighted by atomic mass is 10.0. The predicted molar refractivity (Wildman–Crippen MR) is 127 cm³/mol. The minimum atomic E-state index is -3.63. The van der Waals surface area contributed by atoms with Gasteiger partial charge in [0, 0.05) is 25.7 Å². The normalized spacial score (nSPS) is 15.6. The van der Waals surface area contributed by atoms with Gasteiger partial charge >= 0.3 is 0 Å². The number of sulfonamides is 1. The molecule has 0 atom stereocenters. The Kier molecular flexibility index (Phi) is 6.73. The van der Waals surface area contributed by atoms with Crippen molar-refractivity contribution in [3.05, 3.63) is 96.1 Å². The van der Waals surface area contributed by atoms with Crippen molar-refractivity contribution in [3.8, 4) is 0 Å². The molecule has 31 heavy (non-hydrogen) atoms. The molecule has 4 rings (SSSR count). The Morgan fingerprint density at radius 2 is 1.39 bits per heavy atom. The summed E-state index contributed by atoms with van der Waals surface area (Å²) in [7, 11) is -3.63. The number of aryl methyl sites for hydroxylation is 1. The smallest absolute Gasteiger partial charge is 0.264 e. The summed E-state index contributed by atoms with van der Waals surface area (Å²) < 4.78 is 29.0. The van der Waals surface area contributed by atoms with Crippen LogP contribution in [0.2, 0.25) is 0 Å². The van der Waals surface area contributed by atoms with Gasteiger partial charge in [0.1, 0.15) is 0 Å². The molecule has 4 nitrogen and oxygen atoms in total. The second-order valence-electron chi connectivity index (χ2n) is 8.13. The average Bonchev–Trinajstić information content (AvgIpc) is 2.82. The summed E-state index contributed by atoms with van der Waals surface area (Å²) >= 11 is 0. The molecule has 162 valence electrons. The van der Waals surface area contributed by atoms with Crippen molar-refractivity contribution in [3.63, 3.8) is 0 Å². The van der Waals surface area contributed by atoms with Crippen LogP contribution in [0.4, 0.5) is 5.69 Å². The summed E-state index contributed by atoms with van der Waals surface area (Å²) in [5, 5.41) is 0. The van der Waals surface area contributed by atoms with Gasteiger partial charge < -0.3 is 0 Å². The highest BCUT2D eigenvalue weighted by atomic mass is 32.2. The maximum absolute atomic E-state index is 13.7. The van der Waals surface area contributed by atoms with Gasteiger partial charge in [-0.15, -0.1) is 0 Å². The van der Waals surface area contributed by atoms with Crippen molar-refractivity contribution < 1.29 is 8.42 Å². The largest absolute Gasteiger partial charge is 0.299 e. The quantitative estimate of drug-likeness (QED) is 0.519. The zero-order valence-electron chi connectivity index (χ0n) is 18.0. The second kappa shape index (κ2) is 9.67. The Morgan fingerprint density at radius 1 is 0.806 bits per heavy atom. The second-order valence-corrected chi connectivity index (χ2v) is 9.94. The highest BCUT2D eigenvalue weighted by Crippen LogP contribution is 2.31. The van der Waals surface area contributed by atoms with Crippen molar-refractivity contribution >= 4 is 15.7 Å². The Labute approximate surface area is 186 Å². The molecule has 0 saturated carbocycles. The number of nitrogens with zero attached hydrogens (tertiary/aromatic N) is 2. The fraction of sp³-hybridized carbons (Fsp3) is 0.308. The Morgan fingerprint density at radius 3 is 1.97 bits per heavy atom. The third kappa shape index (κ3) is 5.00. The highest BCUT2D eigenvalue weighted by Gasteiger charge is 2.34. The molecule has 0 spiro atoms. The molecule has 0 aliphatic carbocycles. The first-order valence-corrected chi connectivity index (χ1v) is 12.5. The van der Waals surface area contributed by atoms with E-state index in [2.05, 4.69) is 36.1 Å². The molecule has 3 aromatic carbocycles. The molecule has 0 radical (unpaired) electrons. The molecular formula is C26H30N2O2S. The van der Waals surface area contributed by atoms with Crippen molar-refractivity contribution in [2.24, 2.45) is 0 Å². The van der Waals surface area contributed by atoms with E-state index in [-0.39, 0.29) is 6.04 Å². The first-order valence-electron chi connectivity index (χ1n) is 11.0. The number of benzene rings is 3. The summed E-state index contributed by atoms with van der Waals surface area (Å²) in [4.78, 5) is 2.76. The third-order valence-electron chi connectivity index (χ3n) is 6.04. The van der Waals surface area contributed by atoms with E-state index in [4.69, 9.17) is 0 Å². The van der Waals surface area contributed by atoms with Gasteiger partial charge in [0.05, 0.1) is 10.6 Å². The molecule has 1 aliphatic rings. The fourth-order valence-electron chi connectivity index (χ4n) is 4.28. The van der Waals surface area contributed by atoms with Crippen LogP contribution in [0.15, 0.2) is 89.8 Å². The Hall–Kier alpha value is -2.63. The van der Waals surface area contributed by atoms with Gasteiger partial charge in [-0.3, -0.25) is 9.21 Å². The van der Waals surface area contributed by atoms with Gasteiger partial charge in [-0.1, -0.05) is 67.6 Å². The van der Waals surface area contributed by atoms with Crippen LogP contribution in [0, 0.1) is 0 Å².